The number of fused-ring (bicyclic) bond motifs is 1. The molecule has 0 radical (unpaired) electrons. The molecule has 104 valence electrons. The summed E-state index contributed by atoms with van der Waals surface area (Å²) in [4.78, 5) is 2.69. The number of benzene rings is 1. The Hall–Kier alpha value is -0.860. The van der Waals surface area contributed by atoms with E-state index in [1.807, 2.05) is 0 Å². The third-order valence-corrected chi connectivity index (χ3v) is 4.58. The molecule has 1 atom stereocenters. The fourth-order valence-corrected chi connectivity index (χ4v) is 3.16. The second-order valence-electron chi connectivity index (χ2n) is 6.52. The molecular formula is C17H26N2. The molecule has 0 spiro atoms. The third kappa shape index (κ3) is 3.18. The summed E-state index contributed by atoms with van der Waals surface area (Å²) in [6.45, 7) is 9.35. The molecule has 1 fully saturated rings. The summed E-state index contributed by atoms with van der Waals surface area (Å²) in [5, 5.41) is 3.58. The summed E-state index contributed by atoms with van der Waals surface area (Å²) in [5.74, 6) is 1.64. The van der Waals surface area contributed by atoms with Crippen LogP contribution in [0.5, 0.6) is 0 Å². The molecule has 1 aromatic rings. The van der Waals surface area contributed by atoms with Crippen LogP contribution >= 0.6 is 0 Å². The molecule has 0 aromatic heterocycles. The maximum absolute atomic E-state index is 3.58. The minimum Gasteiger partial charge on any atom is -0.312 e. The average molecular weight is 258 g/mol. The summed E-state index contributed by atoms with van der Waals surface area (Å²) >= 11 is 0. The van der Waals surface area contributed by atoms with Crippen molar-refractivity contribution in [1.29, 1.82) is 0 Å². The Morgan fingerprint density at radius 1 is 1.21 bits per heavy atom. The van der Waals surface area contributed by atoms with Gasteiger partial charge in [0.2, 0.25) is 0 Å². The van der Waals surface area contributed by atoms with Gasteiger partial charge in [0.15, 0.2) is 0 Å². The highest BCUT2D eigenvalue weighted by Crippen LogP contribution is 2.32. The van der Waals surface area contributed by atoms with Gasteiger partial charge in [-0.2, -0.15) is 0 Å². The smallest absolute Gasteiger partial charge is 0.0208 e. The summed E-state index contributed by atoms with van der Waals surface area (Å²) in [6, 6.07) is 9.62. The van der Waals surface area contributed by atoms with Gasteiger partial charge in [-0.25, -0.2) is 0 Å². The lowest BCUT2D eigenvalue weighted by Gasteiger charge is -2.34. The molecule has 2 nitrogen and oxygen atoms in total. The topological polar surface area (TPSA) is 15.3 Å². The Labute approximate surface area is 117 Å². The zero-order valence-corrected chi connectivity index (χ0v) is 12.2. The molecule has 2 heteroatoms. The van der Waals surface area contributed by atoms with Crippen LogP contribution in [0.3, 0.4) is 0 Å². The summed E-state index contributed by atoms with van der Waals surface area (Å²) in [6.07, 6.45) is 2.89. The van der Waals surface area contributed by atoms with E-state index in [-0.39, 0.29) is 0 Å². The molecule has 1 aliphatic heterocycles. The van der Waals surface area contributed by atoms with E-state index in [4.69, 9.17) is 0 Å². The van der Waals surface area contributed by atoms with Crippen LogP contribution in [0.25, 0.3) is 0 Å². The first kappa shape index (κ1) is 13.1. The molecule has 1 saturated carbocycles. The Bertz CT molecular complexity index is 423. The quantitative estimate of drug-likeness (QED) is 0.873. The van der Waals surface area contributed by atoms with Gasteiger partial charge >= 0.3 is 0 Å². The van der Waals surface area contributed by atoms with E-state index < -0.39 is 0 Å². The molecule has 1 aromatic carbocycles. The molecule has 1 unspecified atom stereocenters. The molecule has 0 amide bonds. The van der Waals surface area contributed by atoms with Crippen molar-refractivity contribution < 1.29 is 0 Å². The molecule has 1 N–H and O–H groups in total. The van der Waals surface area contributed by atoms with E-state index >= 15 is 0 Å². The Balaban J connectivity index is 1.71. The predicted octanol–water partition coefficient (Wildman–Crippen LogP) is 2.99. The minimum atomic E-state index is 0.658. The van der Waals surface area contributed by atoms with Crippen LogP contribution in [0.1, 0.15) is 43.7 Å². The number of nitrogens with zero attached hydrogens (tertiary/aromatic N) is 1. The second kappa shape index (κ2) is 5.64. The number of hydrogen-bond donors (Lipinski definition) is 1. The first-order valence-corrected chi connectivity index (χ1v) is 7.76. The molecule has 1 heterocycles. The highest BCUT2D eigenvalue weighted by Gasteiger charge is 2.28. The summed E-state index contributed by atoms with van der Waals surface area (Å²) in [5.41, 5.74) is 3.07. The summed E-state index contributed by atoms with van der Waals surface area (Å²) < 4.78 is 0. The normalized spacial score (nSPS) is 22.8. The van der Waals surface area contributed by atoms with Crippen molar-refractivity contribution in [1.82, 2.24) is 10.2 Å². The van der Waals surface area contributed by atoms with E-state index in [2.05, 4.69) is 48.3 Å². The molecular weight excluding hydrogens is 232 g/mol. The first-order valence-electron chi connectivity index (χ1n) is 7.76. The van der Waals surface area contributed by atoms with E-state index in [0.717, 1.165) is 19.0 Å². The van der Waals surface area contributed by atoms with Crippen molar-refractivity contribution in [3.8, 4) is 0 Å². The Morgan fingerprint density at radius 3 is 2.74 bits per heavy atom. The van der Waals surface area contributed by atoms with Crippen molar-refractivity contribution in [3.63, 3.8) is 0 Å². The molecule has 0 saturated heterocycles. The van der Waals surface area contributed by atoms with Crippen LogP contribution in [0.4, 0.5) is 0 Å². The lowest BCUT2D eigenvalue weighted by Crippen LogP contribution is -2.40. The van der Waals surface area contributed by atoms with Crippen molar-refractivity contribution in [2.45, 2.75) is 45.2 Å². The van der Waals surface area contributed by atoms with Gasteiger partial charge in [0, 0.05) is 38.1 Å². The zero-order chi connectivity index (χ0) is 13.2. The lowest BCUT2D eigenvalue weighted by molar-refractivity contribution is 0.195. The number of hydrogen-bond acceptors (Lipinski definition) is 2. The van der Waals surface area contributed by atoms with Gasteiger partial charge in [-0.05, 0) is 43.7 Å². The van der Waals surface area contributed by atoms with Gasteiger partial charge < -0.3 is 10.2 Å². The van der Waals surface area contributed by atoms with Gasteiger partial charge in [-0.15, -0.1) is 0 Å². The maximum atomic E-state index is 3.58. The SMILES string of the molecule is CC(C)N(CC1CC1)CC1CNCc2ccccc21. The van der Waals surface area contributed by atoms with Crippen LogP contribution in [0, 0.1) is 5.92 Å². The molecule has 19 heavy (non-hydrogen) atoms. The van der Waals surface area contributed by atoms with Crippen molar-refractivity contribution in [2.75, 3.05) is 19.6 Å². The monoisotopic (exact) mass is 258 g/mol. The van der Waals surface area contributed by atoms with Crippen LogP contribution in [-0.4, -0.2) is 30.6 Å². The van der Waals surface area contributed by atoms with E-state index in [0.29, 0.717) is 12.0 Å². The van der Waals surface area contributed by atoms with Gasteiger partial charge in [0.05, 0.1) is 0 Å². The highest BCUT2D eigenvalue weighted by atomic mass is 15.2. The molecule has 0 bridgehead atoms. The molecule has 2 aliphatic rings. The second-order valence-corrected chi connectivity index (χ2v) is 6.52. The average Bonchev–Trinajstić information content (AvgIpc) is 3.22. The number of rotatable bonds is 5. The fraction of sp³-hybridized carbons (Fsp3) is 0.647. The minimum absolute atomic E-state index is 0.658. The van der Waals surface area contributed by atoms with Crippen molar-refractivity contribution >= 4 is 0 Å². The molecule has 3 rings (SSSR count). The van der Waals surface area contributed by atoms with Crippen LogP contribution < -0.4 is 5.32 Å². The number of nitrogens with one attached hydrogen (secondary N) is 1. The molecule has 1 aliphatic carbocycles. The van der Waals surface area contributed by atoms with Gasteiger partial charge in [-0.1, -0.05) is 24.3 Å². The van der Waals surface area contributed by atoms with Crippen molar-refractivity contribution in [3.05, 3.63) is 35.4 Å². The lowest BCUT2D eigenvalue weighted by atomic mass is 9.90. The third-order valence-electron chi connectivity index (χ3n) is 4.58. The Morgan fingerprint density at radius 2 is 2.00 bits per heavy atom. The van der Waals surface area contributed by atoms with Crippen LogP contribution in [0.2, 0.25) is 0 Å². The van der Waals surface area contributed by atoms with Gasteiger partial charge in [-0.3, -0.25) is 0 Å². The first-order chi connectivity index (χ1) is 9.24. The van der Waals surface area contributed by atoms with Gasteiger partial charge in [0.1, 0.15) is 0 Å². The van der Waals surface area contributed by atoms with Gasteiger partial charge in [0.25, 0.3) is 0 Å². The zero-order valence-electron chi connectivity index (χ0n) is 12.2. The van der Waals surface area contributed by atoms with E-state index in [9.17, 15) is 0 Å². The predicted molar refractivity (Wildman–Crippen MR) is 80.3 cm³/mol. The van der Waals surface area contributed by atoms with E-state index in [1.165, 1.54) is 31.5 Å². The van der Waals surface area contributed by atoms with Crippen LogP contribution in [0.15, 0.2) is 24.3 Å². The fourth-order valence-electron chi connectivity index (χ4n) is 3.16. The van der Waals surface area contributed by atoms with Crippen LogP contribution in [-0.2, 0) is 6.54 Å². The van der Waals surface area contributed by atoms with E-state index in [1.54, 1.807) is 5.56 Å². The summed E-state index contributed by atoms with van der Waals surface area (Å²) in [7, 11) is 0. The Kier molecular flexibility index (Phi) is 3.90. The maximum Gasteiger partial charge on any atom is 0.0208 e. The van der Waals surface area contributed by atoms with Crippen molar-refractivity contribution in [2.24, 2.45) is 5.92 Å². The standard InChI is InChI=1S/C17H26N2/c1-13(2)19(11-14-7-8-14)12-16-10-18-9-15-5-3-4-6-17(15)16/h3-6,13-14,16,18H,7-12H2,1-2H3. The largest absolute Gasteiger partial charge is 0.312 e. The highest BCUT2D eigenvalue weighted by molar-refractivity contribution is 5.32.